The van der Waals surface area contributed by atoms with E-state index >= 15 is 0 Å². The van der Waals surface area contributed by atoms with E-state index in [0.29, 0.717) is 21.3 Å². The Morgan fingerprint density at radius 3 is 2.03 bits per heavy atom. The molecule has 0 aliphatic rings. The molecule has 0 atom stereocenters. The van der Waals surface area contributed by atoms with E-state index in [-0.39, 0.29) is 34.5 Å². The fourth-order valence-corrected chi connectivity index (χ4v) is 4.40. The van der Waals surface area contributed by atoms with Gasteiger partial charge < -0.3 is 10.6 Å². The zero-order valence-electron chi connectivity index (χ0n) is 19.8. The molecule has 0 aliphatic heterocycles. The number of hydrogen-bond donors (Lipinski definition) is 2. The monoisotopic (exact) mass is 652 g/mol. The molecule has 0 spiro atoms. The summed E-state index contributed by atoms with van der Waals surface area (Å²) in [5, 5.41) is 5.15. The van der Waals surface area contributed by atoms with Crippen LogP contribution in [-0.2, 0) is 12.1 Å². The molecule has 0 radical (unpaired) electrons. The highest BCUT2D eigenvalue weighted by atomic mass is 127. The van der Waals surface area contributed by atoms with Gasteiger partial charge in [0.15, 0.2) is 0 Å². The average Bonchev–Trinajstić information content (AvgIpc) is 2.83. The number of alkyl halides is 7. The van der Waals surface area contributed by atoms with Gasteiger partial charge >= 0.3 is 18.0 Å². The molecule has 12 heteroatoms. The van der Waals surface area contributed by atoms with Crippen molar-refractivity contribution in [1.29, 1.82) is 0 Å². The molecule has 0 aliphatic carbocycles. The Bertz CT molecular complexity index is 1360. The molecule has 202 valence electrons. The van der Waals surface area contributed by atoms with Gasteiger partial charge in [-0.1, -0.05) is 31.2 Å². The second kappa shape index (κ2) is 10.9. The van der Waals surface area contributed by atoms with Crippen LogP contribution < -0.4 is 10.6 Å². The van der Waals surface area contributed by atoms with Crippen LogP contribution in [0.5, 0.6) is 0 Å². The maximum absolute atomic E-state index is 14.6. The predicted octanol–water partition coefficient (Wildman–Crippen LogP) is 7.96. The second-order valence-electron chi connectivity index (χ2n) is 8.30. The van der Waals surface area contributed by atoms with E-state index in [1.54, 1.807) is 24.3 Å². The summed E-state index contributed by atoms with van der Waals surface area (Å²) in [7, 11) is 0. The Hall–Kier alpha value is -3.16. The standard InChI is InChI=1S/C26H20F7IN2O2/c1-3-15-12-17(24(27,25(28,29)30)26(31,32)33)11-14(2)21(15)36-22(37)16-7-6-8-18(13-16)35-23(38)19-9-4-5-10-20(19)34/h4-13H,3H2,1-2H3,(H,35,38)(H,36,37). The second-order valence-corrected chi connectivity index (χ2v) is 9.47. The third-order valence-corrected chi connectivity index (χ3v) is 6.66. The van der Waals surface area contributed by atoms with Gasteiger partial charge in [-0.2, -0.15) is 26.3 Å². The van der Waals surface area contributed by atoms with Crippen LogP contribution in [0.4, 0.5) is 42.1 Å². The molecule has 0 unspecified atom stereocenters. The van der Waals surface area contributed by atoms with Crippen LogP contribution in [0.1, 0.15) is 44.3 Å². The van der Waals surface area contributed by atoms with Crippen LogP contribution >= 0.6 is 22.6 Å². The Balaban J connectivity index is 1.91. The summed E-state index contributed by atoms with van der Waals surface area (Å²) < 4.78 is 94.8. The third-order valence-electron chi connectivity index (χ3n) is 5.72. The lowest BCUT2D eigenvalue weighted by molar-refractivity contribution is -0.348. The van der Waals surface area contributed by atoms with Crippen LogP contribution in [0.3, 0.4) is 0 Å². The predicted molar refractivity (Wildman–Crippen MR) is 137 cm³/mol. The summed E-state index contributed by atoms with van der Waals surface area (Å²) in [5.41, 5.74) is -6.80. The number of aryl methyl sites for hydroxylation is 2. The van der Waals surface area contributed by atoms with Crippen molar-refractivity contribution in [3.63, 3.8) is 0 Å². The van der Waals surface area contributed by atoms with Gasteiger partial charge in [0.05, 0.1) is 5.56 Å². The molecule has 3 aromatic carbocycles. The van der Waals surface area contributed by atoms with Gasteiger partial charge in [0, 0.05) is 26.1 Å². The summed E-state index contributed by atoms with van der Waals surface area (Å²) in [6.45, 7) is 2.61. The molecule has 2 N–H and O–H groups in total. The molecular weight excluding hydrogens is 632 g/mol. The molecule has 0 aromatic heterocycles. The third kappa shape index (κ3) is 5.79. The lowest BCUT2D eigenvalue weighted by Crippen LogP contribution is -2.50. The number of carbonyl (C=O) groups excluding carboxylic acids is 2. The number of carbonyl (C=O) groups is 2. The Morgan fingerprint density at radius 2 is 1.45 bits per heavy atom. The van der Waals surface area contributed by atoms with Gasteiger partial charge in [-0.15, -0.1) is 0 Å². The van der Waals surface area contributed by atoms with E-state index < -0.39 is 35.4 Å². The smallest absolute Gasteiger partial charge is 0.322 e. The maximum Gasteiger partial charge on any atom is 0.435 e. The van der Waals surface area contributed by atoms with Gasteiger partial charge in [0.2, 0.25) is 0 Å². The van der Waals surface area contributed by atoms with Crippen LogP contribution in [-0.4, -0.2) is 24.2 Å². The average molecular weight is 652 g/mol. The minimum atomic E-state index is -6.25. The van der Waals surface area contributed by atoms with Gasteiger partial charge in [0.1, 0.15) is 0 Å². The highest BCUT2D eigenvalue weighted by Crippen LogP contribution is 2.53. The lowest BCUT2D eigenvalue weighted by Gasteiger charge is -2.31. The van der Waals surface area contributed by atoms with Crippen molar-refractivity contribution in [2.24, 2.45) is 0 Å². The van der Waals surface area contributed by atoms with Crippen molar-refractivity contribution < 1.29 is 40.3 Å². The van der Waals surface area contributed by atoms with Gasteiger partial charge in [-0.25, -0.2) is 4.39 Å². The van der Waals surface area contributed by atoms with Crippen molar-refractivity contribution in [3.05, 3.63) is 92.1 Å². The van der Waals surface area contributed by atoms with E-state index in [0.717, 1.165) is 0 Å². The molecule has 0 saturated heterocycles. The van der Waals surface area contributed by atoms with Crippen LogP contribution in [0.15, 0.2) is 60.7 Å². The number of anilines is 2. The highest BCUT2D eigenvalue weighted by molar-refractivity contribution is 14.1. The number of hydrogen-bond acceptors (Lipinski definition) is 2. The van der Waals surface area contributed by atoms with Crippen LogP contribution in [0.2, 0.25) is 0 Å². The molecule has 3 aromatic rings. The summed E-state index contributed by atoms with van der Waals surface area (Å²) in [6.07, 6.45) is -12.6. The molecule has 38 heavy (non-hydrogen) atoms. The van der Waals surface area contributed by atoms with E-state index in [2.05, 4.69) is 10.6 Å². The quantitative estimate of drug-likeness (QED) is 0.210. The van der Waals surface area contributed by atoms with Gasteiger partial charge in [-0.3, -0.25) is 9.59 Å². The molecule has 3 rings (SSSR count). The summed E-state index contributed by atoms with van der Waals surface area (Å²) in [4.78, 5) is 25.5. The Morgan fingerprint density at radius 1 is 0.816 bits per heavy atom. The first-order valence-corrected chi connectivity index (χ1v) is 12.1. The topological polar surface area (TPSA) is 58.2 Å². The zero-order valence-corrected chi connectivity index (χ0v) is 22.0. The minimum absolute atomic E-state index is 0.0405. The molecule has 0 fully saturated rings. The molecule has 0 heterocycles. The fraction of sp³-hybridized carbons (Fsp3) is 0.231. The highest BCUT2D eigenvalue weighted by Gasteiger charge is 2.73. The molecule has 0 bridgehead atoms. The normalized spacial score (nSPS) is 12.3. The first-order valence-electron chi connectivity index (χ1n) is 11.0. The minimum Gasteiger partial charge on any atom is -0.322 e. The molecular formula is C26H20F7IN2O2. The summed E-state index contributed by atoms with van der Waals surface area (Å²) >= 11 is 2.00. The molecule has 2 amide bonds. The first kappa shape index (κ1) is 29.4. The van der Waals surface area contributed by atoms with E-state index in [1.165, 1.54) is 38.1 Å². The summed E-state index contributed by atoms with van der Waals surface area (Å²) in [5.74, 6) is -1.16. The van der Waals surface area contributed by atoms with Crippen LogP contribution in [0, 0.1) is 10.5 Å². The first-order chi connectivity index (χ1) is 17.6. The number of rotatable bonds is 6. The Kier molecular flexibility index (Phi) is 8.44. The van der Waals surface area contributed by atoms with Crippen molar-refractivity contribution in [3.8, 4) is 0 Å². The lowest BCUT2D eigenvalue weighted by atomic mass is 9.89. The van der Waals surface area contributed by atoms with Gasteiger partial charge in [-0.05, 0) is 83.5 Å². The molecule has 4 nitrogen and oxygen atoms in total. The van der Waals surface area contributed by atoms with E-state index in [1.807, 2.05) is 22.6 Å². The largest absolute Gasteiger partial charge is 0.435 e. The SMILES string of the molecule is CCc1cc(C(F)(C(F)(F)F)C(F)(F)F)cc(C)c1NC(=O)c1cccc(NC(=O)c2ccccc2I)c1. The number of benzene rings is 3. The number of amides is 2. The van der Waals surface area contributed by atoms with Gasteiger partial charge in [0.25, 0.3) is 11.8 Å². The zero-order chi connectivity index (χ0) is 28.5. The van der Waals surface area contributed by atoms with Crippen molar-refractivity contribution in [1.82, 2.24) is 0 Å². The molecule has 0 saturated carbocycles. The van der Waals surface area contributed by atoms with Crippen molar-refractivity contribution in [2.75, 3.05) is 10.6 Å². The Labute approximate surface area is 226 Å². The maximum atomic E-state index is 14.6. The number of nitrogens with one attached hydrogen (secondary N) is 2. The van der Waals surface area contributed by atoms with Crippen molar-refractivity contribution >= 4 is 45.8 Å². The van der Waals surface area contributed by atoms with Crippen molar-refractivity contribution in [2.45, 2.75) is 38.3 Å². The van der Waals surface area contributed by atoms with E-state index in [9.17, 15) is 40.3 Å². The fourth-order valence-electron chi connectivity index (χ4n) is 3.77. The van der Waals surface area contributed by atoms with E-state index in [4.69, 9.17) is 0 Å². The summed E-state index contributed by atoms with van der Waals surface area (Å²) in [6, 6.07) is 13.5. The number of halogens is 8. The van der Waals surface area contributed by atoms with Crippen LogP contribution in [0.25, 0.3) is 0 Å².